The smallest absolute Gasteiger partial charge is 0.228 e. The lowest BCUT2D eigenvalue weighted by Gasteiger charge is -2.29. The third-order valence-electron chi connectivity index (χ3n) is 3.61. The molecule has 0 radical (unpaired) electrons. The van der Waals surface area contributed by atoms with Crippen LogP contribution in [0.4, 0.5) is 0 Å². The first-order valence-electron chi connectivity index (χ1n) is 6.79. The van der Waals surface area contributed by atoms with Crippen LogP contribution >= 0.6 is 0 Å². The normalized spacial score (nSPS) is 14.8. The van der Waals surface area contributed by atoms with Gasteiger partial charge in [-0.3, -0.25) is 4.79 Å². The van der Waals surface area contributed by atoms with E-state index in [9.17, 15) is 4.79 Å². The Kier molecular flexibility index (Phi) is 3.52. The number of hydrogen-bond donors (Lipinski definition) is 2. The highest BCUT2D eigenvalue weighted by molar-refractivity contribution is 5.79. The van der Waals surface area contributed by atoms with Gasteiger partial charge < -0.3 is 15.2 Å². The summed E-state index contributed by atoms with van der Waals surface area (Å²) in [7, 11) is 1.82. The van der Waals surface area contributed by atoms with Crippen molar-refractivity contribution in [3.05, 3.63) is 42.4 Å². The third-order valence-corrected chi connectivity index (χ3v) is 3.61. The van der Waals surface area contributed by atoms with Crippen LogP contribution in [0.1, 0.15) is 5.82 Å². The molecule has 0 bridgehead atoms. The summed E-state index contributed by atoms with van der Waals surface area (Å²) < 4.78 is 0. The maximum absolute atomic E-state index is 12.1. The second-order valence-corrected chi connectivity index (χ2v) is 5.16. The van der Waals surface area contributed by atoms with Crippen molar-refractivity contribution >= 4 is 5.91 Å². The third kappa shape index (κ3) is 2.58. The summed E-state index contributed by atoms with van der Waals surface area (Å²) in [6.45, 7) is 2.09. The van der Waals surface area contributed by atoms with E-state index in [1.807, 2.05) is 43.6 Å². The summed E-state index contributed by atoms with van der Waals surface area (Å²) in [5.41, 5.74) is 2.08. The molecule has 1 amide bonds. The van der Waals surface area contributed by atoms with Crippen molar-refractivity contribution in [1.29, 1.82) is 0 Å². The lowest BCUT2D eigenvalue weighted by molar-refractivity contribution is -0.136. The van der Waals surface area contributed by atoms with Crippen molar-refractivity contribution in [2.75, 3.05) is 20.1 Å². The van der Waals surface area contributed by atoms with Gasteiger partial charge in [0.1, 0.15) is 5.82 Å². The Morgan fingerprint density at radius 2 is 2.10 bits per heavy atom. The van der Waals surface area contributed by atoms with Crippen LogP contribution in [0.25, 0.3) is 11.3 Å². The number of benzene rings is 1. The Morgan fingerprint density at radius 3 is 2.75 bits per heavy atom. The number of carbonyl (C=O) groups is 1. The zero-order valence-electron chi connectivity index (χ0n) is 11.5. The van der Waals surface area contributed by atoms with Crippen LogP contribution in [0.5, 0.6) is 0 Å². The molecule has 1 aromatic carbocycles. The van der Waals surface area contributed by atoms with Gasteiger partial charge in [-0.1, -0.05) is 30.3 Å². The van der Waals surface area contributed by atoms with Gasteiger partial charge in [0.05, 0.1) is 24.4 Å². The minimum atomic E-state index is 0.128. The Hall–Kier alpha value is -2.14. The highest BCUT2D eigenvalue weighted by atomic mass is 16.2. The Morgan fingerprint density at radius 1 is 1.35 bits per heavy atom. The fraction of sp³-hybridized carbons (Fsp3) is 0.333. The van der Waals surface area contributed by atoms with E-state index < -0.39 is 0 Å². The summed E-state index contributed by atoms with van der Waals surface area (Å²) in [5, 5.41) is 3.12. The van der Waals surface area contributed by atoms with Gasteiger partial charge in [-0.2, -0.15) is 0 Å². The lowest BCUT2D eigenvalue weighted by atomic mass is 10.0. The first kappa shape index (κ1) is 12.9. The van der Waals surface area contributed by atoms with Crippen molar-refractivity contribution in [1.82, 2.24) is 20.2 Å². The molecule has 1 aromatic heterocycles. The minimum Gasteiger partial charge on any atom is -0.341 e. The molecule has 0 unspecified atom stereocenters. The first-order chi connectivity index (χ1) is 9.74. The topological polar surface area (TPSA) is 61.0 Å². The summed E-state index contributed by atoms with van der Waals surface area (Å²) in [5.74, 6) is 1.12. The molecule has 1 fully saturated rings. The van der Waals surface area contributed by atoms with Gasteiger partial charge >= 0.3 is 0 Å². The monoisotopic (exact) mass is 270 g/mol. The molecule has 20 heavy (non-hydrogen) atoms. The zero-order valence-corrected chi connectivity index (χ0v) is 11.5. The van der Waals surface area contributed by atoms with Crippen molar-refractivity contribution < 1.29 is 4.79 Å². The predicted octanol–water partition coefficient (Wildman–Crippen LogP) is 1.25. The molecule has 104 valence electrons. The number of amides is 1. The average Bonchev–Trinajstić information content (AvgIpc) is 2.86. The molecular weight excluding hydrogens is 252 g/mol. The highest BCUT2D eigenvalue weighted by Gasteiger charge is 2.27. The molecule has 3 rings (SSSR count). The van der Waals surface area contributed by atoms with Crippen LogP contribution in [0.15, 0.2) is 36.5 Å². The first-order valence-corrected chi connectivity index (χ1v) is 6.79. The lowest BCUT2D eigenvalue weighted by Crippen LogP contribution is -2.51. The second kappa shape index (κ2) is 5.46. The summed E-state index contributed by atoms with van der Waals surface area (Å²) in [6, 6.07) is 10.0. The van der Waals surface area contributed by atoms with Gasteiger partial charge in [-0.25, -0.2) is 4.98 Å². The highest BCUT2D eigenvalue weighted by Crippen LogP contribution is 2.17. The Labute approximate surface area is 118 Å². The quantitative estimate of drug-likeness (QED) is 0.879. The molecule has 1 saturated heterocycles. The van der Waals surface area contributed by atoms with Gasteiger partial charge in [0.15, 0.2) is 0 Å². The minimum absolute atomic E-state index is 0.128. The molecular formula is C15H18N4O. The number of carbonyl (C=O) groups excluding carboxylic acids is 1. The summed E-state index contributed by atoms with van der Waals surface area (Å²) in [6.07, 6.45) is 1.81. The number of nitrogens with one attached hydrogen (secondary N) is 2. The summed E-state index contributed by atoms with van der Waals surface area (Å²) in [4.78, 5) is 21.4. The van der Waals surface area contributed by atoms with Gasteiger partial charge in [0.2, 0.25) is 5.91 Å². The number of aromatic nitrogens is 2. The molecule has 0 spiro atoms. The van der Waals surface area contributed by atoms with Crippen LogP contribution in [0.3, 0.4) is 0 Å². The molecule has 5 heteroatoms. The van der Waals surface area contributed by atoms with Crippen molar-refractivity contribution in [2.45, 2.75) is 6.54 Å². The number of H-pyrrole nitrogens is 1. The fourth-order valence-corrected chi connectivity index (χ4v) is 2.28. The van der Waals surface area contributed by atoms with Gasteiger partial charge in [0, 0.05) is 20.1 Å². The van der Waals surface area contributed by atoms with Crippen LogP contribution in [-0.2, 0) is 11.3 Å². The molecule has 2 aromatic rings. The van der Waals surface area contributed by atoms with Crippen molar-refractivity contribution in [2.24, 2.45) is 5.92 Å². The molecule has 0 saturated carbocycles. The van der Waals surface area contributed by atoms with E-state index in [1.54, 1.807) is 4.90 Å². The van der Waals surface area contributed by atoms with Gasteiger partial charge in [-0.05, 0) is 5.56 Å². The van der Waals surface area contributed by atoms with Crippen LogP contribution in [0, 0.1) is 5.92 Å². The largest absolute Gasteiger partial charge is 0.341 e. The van der Waals surface area contributed by atoms with Crippen molar-refractivity contribution in [3.8, 4) is 11.3 Å². The van der Waals surface area contributed by atoms with E-state index in [-0.39, 0.29) is 11.8 Å². The number of rotatable bonds is 4. The summed E-state index contributed by atoms with van der Waals surface area (Å²) >= 11 is 0. The van der Waals surface area contributed by atoms with Crippen molar-refractivity contribution in [3.63, 3.8) is 0 Å². The van der Waals surface area contributed by atoms with Crippen LogP contribution < -0.4 is 5.32 Å². The average molecular weight is 270 g/mol. The number of imidazole rings is 1. The van der Waals surface area contributed by atoms with Gasteiger partial charge in [-0.15, -0.1) is 0 Å². The zero-order chi connectivity index (χ0) is 13.9. The predicted molar refractivity (Wildman–Crippen MR) is 76.9 cm³/mol. The van der Waals surface area contributed by atoms with E-state index in [0.29, 0.717) is 6.54 Å². The van der Waals surface area contributed by atoms with E-state index in [4.69, 9.17) is 0 Å². The van der Waals surface area contributed by atoms with E-state index in [0.717, 1.165) is 30.2 Å². The molecule has 1 aliphatic rings. The van der Waals surface area contributed by atoms with E-state index in [1.165, 1.54) is 0 Å². The maximum Gasteiger partial charge on any atom is 0.228 e. The Bertz CT molecular complexity index is 589. The van der Waals surface area contributed by atoms with E-state index >= 15 is 0 Å². The number of nitrogens with zero attached hydrogens (tertiary/aromatic N) is 2. The SMILES string of the molecule is CN(Cc1ncc(-c2ccccc2)[nH]1)C(=O)C1CNC1. The van der Waals surface area contributed by atoms with E-state index in [2.05, 4.69) is 15.3 Å². The molecule has 1 aliphatic heterocycles. The second-order valence-electron chi connectivity index (χ2n) is 5.16. The maximum atomic E-state index is 12.1. The Balaban J connectivity index is 1.66. The van der Waals surface area contributed by atoms with Crippen LogP contribution in [-0.4, -0.2) is 40.9 Å². The number of hydrogen-bond acceptors (Lipinski definition) is 3. The fourth-order valence-electron chi connectivity index (χ4n) is 2.28. The standard InChI is InChI=1S/C15H18N4O/c1-19(15(20)12-7-16-8-12)10-14-17-9-13(18-14)11-5-3-2-4-6-11/h2-6,9,12,16H,7-8,10H2,1H3,(H,17,18). The van der Waals surface area contributed by atoms with Crippen LogP contribution in [0.2, 0.25) is 0 Å². The number of aromatic amines is 1. The molecule has 5 nitrogen and oxygen atoms in total. The molecule has 0 atom stereocenters. The van der Waals surface area contributed by atoms with Gasteiger partial charge in [0.25, 0.3) is 0 Å². The molecule has 0 aliphatic carbocycles. The molecule has 2 heterocycles. The molecule has 2 N–H and O–H groups in total.